The van der Waals surface area contributed by atoms with Gasteiger partial charge in [-0.25, -0.2) is 4.98 Å². The van der Waals surface area contributed by atoms with E-state index in [1.165, 1.54) is 25.9 Å². The molecule has 1 atom stereocenters. The van der Waals surface area contributed by atoms with Crippen molar-refractivity contribution in [2.45, 2.75) is 18.9 Å². The maximum atomic E-state index is 4.31. The number of aromatic nitrogens is 4. The van der Waals surface area contributed by atoms with Crippen LogP contribution in [-0.2, 0) is 0 Å². The van der Waals surface area contributed by atoms with Crippen LogP contribution in [0.15, 0.2) is 18.7 Å². The molecule has 2 saturated heterocycles. The van der Waals surface area contributed by atoms with Crippen LogP contribution in [0.25, 0.3) is 5.65 Å². The molecule has 0 aromatic carbocycles. The zero-order valence-electron chi connectivity index (χ0n) is 13.1. The average Bonchev–Trinajstić information content (AvgIpc) is 3.17. The van der Waals surface area contributed by atoms with Gasteiger partial charge in [-0.3, -0.25) is 9.88 Å². The minimum atomic E-state index is 0.743. The Balaban J connectivity index is 1.40. The predicted molar refractivity (Wildman–Crippen MR) is 85.1 cm³/mol. The van der Waals surface area contributed by atoms with Gasteiger partial charge in [-0.2, -0.15) is 9.61 Å². The summed E-state index contributed by atoms with van der Waals surface area (Å²) in [6, 6.07) is 0.743. The third-order valence-electron chi connectivity index (χ3n) is 5.01. The molecule has 2 aromatic heterocycles. The fourth-order valence-corrected chi connectivity index (χ4v) is 3.62. The Morgan fingerprint density at radius 2 is 2.00 bits per heavy atom. The first-order chi connectivity index (χ1) is 10.8. The van der Waals surface area contributed by atoms with Crippen LogP contribution in [0.4, 0.5) is 5.82 Å². The Bertz CT molecular complexity index is 632. The number of fused-ring (bicyclic) bond motifs is 1. The van der Waals surface area contributed by atoms with Gasteiger partial charge < -0.3 is 9.80 Å². The first-order valence-corrected chi connectivity index (χ1v) is 8.12. The lowest BCUT2D eigenvalue weighted by atomic mass is 10.2. The average molecular weight is 301 g/mol. The van der Waals surface area contributed by atoms with Crippen molar-refractivity contribution < 1.29 is 0 Å². The van der Waals surface area contributed by atoms with Crippen LogP contribution >= 0.6 is 0 Å². The van der Waals surface area contributed by atoms with Crippen molar-refractivity contribution >= 4 is 11.5 Å². The molecule has 0 saturated carbocycles. The van der Waals surface area contributed by atoms with Gasteiger partial charge in [0.2, 0.25) is 0 Å². The zero-order valence-corrected chi connectivity index (χ0v) is 13.1. The van der Waals surface area contributed by atoms with Gasteiger partial charge in [0, 0.05) is 38.8 Å². The molecule has 0 spiro atoms. The quantitative estimate of drug-likeness (QED) is 0.815. The van der Waals surface area contributed by atoms with E-state index in [0.717, 1.165) is 43.7 Å². The summed E-state index contributed by atoms with van der Waals surface area (Å²) in [6.07, 6.45) is 7.93. The van der Waals surface area contributed by atoms with Gasteiger partial charge in [-0.05, 0) is 26.4 Å². The molecule has 0 aliphatic carbocycles. The van der Waals surface area contributed by atoms with Gasteiger partial charge in [0.1, 0.15) is 6.33 Å². The molecule has 118 valence electrons. The molecule has 2 fully saturated rings. The molecule has 7 nitrogen and oxygen atoms in total. The lowest BCUT2D eigenvalue weighted by Gasteiger charge is -2.37. The number of hydrogen-bond donors (Lipinski definition) is 0. The Morgan fingerprint density at radius 3 is 2.77 bits per heavy atom. The van der Waals surface area contributed by atoms with Crippen LogP contribution in [0.5, 0.6) is 0 Å². The topological polar surface area (TPSA) is 52.8 Å². The molecule has 2 aromatic rings. The highest BCUT2D eigenvalue weighted by Gasteiger charge is 2.26. The van der Waals surface area contributed by atoms with E-state index in [9.17, 15) is 0 Å². The van der Waals surface area contributed by atoms with Crippen LogP contribution in [0, 0.1) is 0 Å². The first kappa shape index (κ1) is 13.9. The largest absolute Gasteiger partial charge is 0.353 e. The maximum Gasteiger partial charge on any atom is 0.175 e. The number of nitrogens with zero attached hydrogens (tertiary/aromatic N) is 7. The number of anilines is 1. The summed E-state index contributed by atoms with van der Waals surface area (Å²) >= 11 is 0. The van der Waals surface area contributed by atoms with Crippen molar-refractivity contribution in [1.29, 1.82) is 0 Å². The summed E-state index contributed by atoms with van der Waals surface area (Å²) in [5.74, 6) is 1.05. The Morgan fingerprint density at radius 1 is 1.14 bits per heavy atom. The van der Waals surface area contributed by atoms with Crippen LogP contribution in [-0.4, -0.2) is 81.7 Å². The predicted octanol–water partition coefficient (Wildman–Crippen LogP) is 0.341. The van der Waals surface area contributed by atoms with Crippen LogP contribution in [0.3, 0.4) is 0 Å². The maximum absolute atomic E-state index is 4.31. The van der Waals surface area contributed by atoms with Crippen LogP contribution < -0.4 is 4.90 Å². The SMILES string of the molecule is CN1CCC[C@@H]1CN1CCN(c2cncc3ncnn23)CC1. The molecule has 0 amide bonds. The standard InChI is InChI=1S/C15H23N7/c1-19-4-2-3-13(19)11-20-5-7-21(8-6-20)15-10-16-9-14-17-12-18-22(14)15/h9-10,12-13H,2-8,11H2,1H3/t13-/m1/s1. The third-order valence-corrected chi connectivity index (χ3v) is 5.01. The number of likely N-dealkylation sites (tertiary alicyclic amines) is 1. The monoisotopic (exact) mass is 301 g/mol. The third kappa shape index (κ3) is 2.55. The van der Waals surface area contributed by atoms with Crippen molar-refractivity contribution in [3.63, 3.8) is 0 Å². The number of hydrogen-bond acceptors (Lipinski definition) is 6. The summed E-state index contributed by atoms with van der Waals surface area (Å²) in [5, 5.41) is 4.31. The molecule has 2 aliphatic rings. The van der Waals surface area contributed by atoms with Gasteiger partial charge >= 0.3 is 0 Å². The fourth-order valence-electron chi connectivity index (χ4n) is 3.62. The molecule has 0 unspecified atom stereocenters. The fraction of sp³-hybridized carbons (Fsp3) is 0.667. The lowest BCUT2D eigenvalue weighted by Crippen LogP contribution is -2.50. The molecule has 0 bridgehead atoms. The van der Waals surface area contributed by atoms with Crippen molar-refractivity contribution in [2.75, 3.05) is 51.2 Å². The summed E-state index contributed by atoms with van der Waals surface area (Å²) in [5.41, 5.74) is 0.813. The molecule has 7 heteroatoms. The molecule has 22 heavy (non-hydrogen) atoms. The molecule has 2 aliphatic heterocycles. The Hall–Kier alpha value is -1.73. The minimum absolute atomic E-state index is 0.743. The van der Waals surface area contributed by atoms with E-state index in [0.29, 0.717) is 0 Å². The first-order valence-electron chi connectivity index (χ1n) is 8.12. The van der Waals surface area contributed by atoms with E-state index in [1.54, 1.807) is 12.5 Å². The second-order valence-electron chi connectivity index (χ2n) is 6.36. The van der Waals surface area contributed by atoms with E-state index in [1.807, 2.05) is 10.7 Å². The lowest BCUT2D eigenvalue weighted by molar-refractivity contribution is 0.185. The highest BCUT2D eigenvalue weighted by atomic mass is 15.4. The minimum Gasteiger partial charge on any atom is -0.353 e. The Labute approximate surface area is 130 Å². The summed E-state index contributed by atoms with van der Waals surface area (Å²) < 4.78 is 1.88. The van der Waals surface area contributed by atoms with E-state index < -0.39 is 0 Å². The van der Waals surface area contributed by atoms with E-state index in [2.05, 4.69) is 36.8 Å². The number of piperazine rings is 1. The van der Waals surface area contributed by atoms with Crippen LogP contribution in [0.1, 0.15) is 12.8 Å². The van der Waals surface area contributed by atoms with Crippen molar-refractivity contribution in [1.82, 2.24) is 29.4 Å². The summed E-state index contributed by atoms with van der Waals surface area (Å²) in [7, 11) is 2.25. The molecular formula is C15H23N7. The van der Waals surface area contributed by atoms with E-state index in [-0.39, 0.29) is 0 Å². The summed E-state index contributed by atoms with van der Waals surface area (Å²) in [6.45, 7) is 6.72. The second-order valence-corrected chi connectivity index (χ2v) is 6.36. The normalized spacial score (nSPS) is 24.4. The zero-order chi connectivity index (χ0) is 14.9. The van der Waals surface area contributed by atoms with Gasteiger partial charge in [-0.15, -0.1) is 0 Å². The smallest absolute Gasteiger partial charge is 0.175 e. The molecule has 4 rings (SSSR count). The Kier molecular flexibility index (Phi) is 3.67. The highest BCUT2D eigenvalue weighted by molar-refractivity contribution is 5.46. The van der Waals surface area contributed by atoms with Crippen molar-refractivity contribution in [2.24, 2.45) is 0 Å². The van der Waals surface area contributed by atoms with Gasteiger partial charge in [0.25, 0.3) is 0 Å². The van der Waals surface area contributed by atoms with Crippen molar-refractivity contribution in [3.8, 4) is 0 Å². The highest BCUT2D eigenvalue weighted by Crippen LogP contribution is 2.19. The number of rotatable bonds is 3. The molecule has 4 heterocycles. The number of likely N-dealkylation sites (N-methyl/N-ethyl adjacent to an activating group) is 1. The van der Waals surface area contributed by atoms with E-state index in [4.69, 9.17) is 0 Å². The van der Waals surface area contributed by atoms with E-state index >= 15 is 0 Å². The van der Waals surface area contributed by atoms with Crippen LogP contribution in [0.2, 0.25) is 0 Å². The van der Waals surface area contributed by atoms with Crippen molar-refractivity contribution in [3.05, 3.63) is 18.7 Å². The molecule has 0 N–H and O–H groups in total. The van der Waals surface area contributed by atoms with Gasteiger partial charge in [0.15, 0.2) is 11.5 Å². The molecular weight excluding hydrogens is 278 g/mol. The molecule has 0 radical (unpaired) electrons. The second kappa shape index (κ2) is 5.81. The van der Waals surface area contributed by atoms with Gasteiger partial charge in [0.05, 0.1) is 12.4 Å². The van der Waals surface area contributed by atoms with Gasteiger partial charge in [-0.1, -0.05) is 0 Å². The summed E-state index contributed by atoms with van der Waals surface area (Å²) in [4.78, 5) is 16.0.